The van der Waals surface area contributed by atoms with Crippen LogP contribution in [0.2, 0.25) is 15.1 Å². The molecule has 0 radical (unpaired) electrons. The fourth-order valence-corrected chi connectivity index (χ4v) is 5.24. The highest BCUT2D eigenvalue weighted by Crippen LogP contribution is 2.42. The van der Waals surface area contributed by atoms with E-state index >= 15 is 0 Å². The monoisotopic (exact) mass is 514 g/mol. The molecule has 0 aliphatic carbocycles. The quantitative estimate of drug-likeness (QED) is 0.330. The van der Waals surface area contributed by atoms with E-state index in [0.717, 1.165) is 26.5 Å². The minimum atomic E-state index is -0.687. The number of para-hydroxylation sites is 1. The zero-order valence-electron chi connectivity index (χ0n) is 16.7. The van der Waals surface area contributed by atoms with E-state index in [-0.39, 0.29) is 5.02 Å². The van der Waals surface area contributed by atoms with Gasteiger partial charge in [0.15, 0.2) is 0 Å². The average Bonchev–Trinajstić information content (AvgIpc) is 3.23. The molecule has 2 aromatic heterocycles. The molecule has 0 atom stereocenters. The van der Waals surface area contributed by atoms with E-state index in [9.17, 15) is 9.59 Å². The highest BCUT2D eigenvalue weighted by molar-refractivity contribution is 7.21. The van der Waals surface area contributed by atoms with Crippen molar-refractivity contribution in [3.8, 4) is 16.3 Å². The Morgan fingerprint density at radius 1 is 0.970 bits per heavy atom. The first-order valence-corrected chi connectivity index (χ1v) is 11.7. The van der Waals surface area contributed by atoms with Gasteiger partial charge in [-0.1, -0.05) is 59.1 Å². The van der Waals surface area contributed by atoms with Crippen molar-refractivity contribution in [1.29, 1.82) is 0 Å². The SMILES string of the molecule is O=c1cn[nH]c(=O)n1-c1cc(-c2nc3ccccc3s2)c(Cl)c(Cl)c1Cc1ccc(Cl)cc1. The van der Waals surface area contributed by atoms with Crippen LogP contribution in [0.5, 0.6) is 0 Å². The Morgan fingerprint density at radius 3 is 2.45 bits per heavy atom. The standard InChI is InChI=1S/C23H13Cl3N4O2S/c24-13-7-5-12(6-8-13)9-14-17(30-19(31)11-27-29-23(30)32)10-15(21(26)20(14)25)22-28-16-3-1-2-4-18(16)33-22/h1-8,10-11H,9H2,(H,29,32). The summed E-state index contributed by atoms with van der Waals surface area (Å²) in [5, 5.41) is 7.64. The van der Waals surface area contributed by atoms with Gasteiger partial charge in [-0.25, -0.2) is 19.4 Å². The molecule has 5 aromatic rings. The Labute approximate surface area is 206 Å². The molecule has 0 amide bonds. The lowest BCUT2D eigenvalue weighted by Gasteiger charge is -2.16. The number of thiazole rings is 1. The molecule has 6 nitrogen and oxygen atoms in total. The van der Waals surface area contributed by atoms with Crippen LogP contribution in [0.15, 0.2) is 70.4 Å². The molecular weight excluding hydrogens is 503 g/mol. The summed E-state index contributed by atoms with van der Waals surface area (Å²) in [5.41, 5.74) is 1.77. The molecule has 0 bridgehead atoms. The van der Waals surface area contributed by atoms with Gasteiger partial charge < -0.3 is 0 Å². The first-order valence-electron chi connectivity index (χ1n) is 9.71. The number of halogens is 3. The largest absolute Gasteiger partial charge is 0.349 e. The van der Waals surface area contributed by atoms with Crippen LogP contribution in [0.1, 0.15) is 11.1 Å². The molecule has 33 heavy (non-hydrogen) atoms. The molecular formula is C23H13Cl3N4O2S. The van der Waals surface area contributed by atoms with Gasteiger partial charge in [-0.2, -0.15) is 5.10 Å². The highest BCUT2D eigenvalue weighted by atomic mass is 35.5. The lowest BCUT2D eigenvalue weighted by Crippen LogP contribution is -2.34. The fourth-order valence-electron chi connectivity index (χ4n) is 3.55. The number of aromatic amines is 1. The molecule has 10 heteroatoms. The van der Waals surface area contributed by atoms with Crippen LogP contribution in [0.4, 0.5) is 0 Å². The number of H-pyrrole nitrogens is 1. The first kappa shape index (κ1) is 21.9. The number of benzene rings is 3. The summed E-state index contributed by atoms with van der Waals surface area (Å²) in [6, 6.07) is 16.6. The minimum absolute atomic E-state index is 0.237. The van der Waals surface area contributed by atoms with Crippen molar-refractivity contribution < 1.29 is 0 Å². The summed E-state index contributed by atoms with van der Waals surface area (Å²) in [7, 11) is 0. The number of fused-ring (bicyclic) bond motifs is 1. The summed E-state index contributed by atoms with van der Waals surface area (Å²) in [6.07, 6.45) is 1.35. The molecule has 0 saturated carbocycles. The maximum Gasteiger partial charge on any atom is 0.349 e. The molecule has 3 aromatic carbocycles. The summed E-state index contributed by atoms with van der Waals surface area (Å²) >= 11 is 20.9. The van der Waals surface area contributed by atoms with Gasteiger partial charge in [-0.15, -0.1) is 11.3 Å². The average molecular weight is 516 g/mol. The number of hydrogen-bond donors (Lipinski definition) is 1. The summed E-state index contributed by atoms with van der Waals surface area (Å²) in [5.74, 6) is 0. The summed E-state index contributed by atoms with van der Waals surface area (Å²) in [4.78, 5) is 29.9. The lowest BCUT2D eigenvalue weighted by molar-refractivity contribution is 0.792. The van der Waals surface area contributed by atoms with Crippen LogP contribution in [0, 0.1) is 0 Å². The Hall–Kier alpha value is -2.97. The zero-order chi connectivity index (χ0) is 23.1. The van der Waals surface area contributed by atoms with Gasteiger partial charge in [0.05, 0.1) is 25.9 Å². The normalized spacial score (nSPS) is 11.2. The highest BCUT2D eigenvalue weighted by Gasteiger charge is 2.22. The van der Waals surface area contributed by atoms with Crippen molar-refractivity contribution in [1.82, 2.24) is 19.7 Å². The lowest BCUT2D eigenvalue weighted by atomic mass is 10.0. The minimum Gasteiger partial charge on any atom is -0.267 e. The van der Waals surface area contributed by atoms with Crippen molar-refractivity contribution in [3.05, 3.63) is 108 Å². The van der Waals surface area contributed by atoms with E-state index in [0.29, 0.717) is 38.3 Å². The predicted octanol–water partition coefficient (Wildman–Crippen LogP) is 5.75. The zero-order valence-corrected chi connectivity index (χ0v) is 19.8. The van der Waals surface area contributed by atoms with Crippen LogP contribution in [-0.2, 0) is 6.42 Å². The number of hydrogen-bond acceptors (Lipinski definition) is 5. The first-order chi connectivity index (χ1) is 15.9. The predicted molar refractivity (Wildman–Crippen MR) is 133 cm³/mol. The molecule has 0 fully saturated rings. The van der Waals surface area contributed by atoms with Crippen molar-refractivity contribution >= 4 is 56.4 Å². The van der Waals surface area contributed by atoms with Crippen LogP contribution in [0.3, 0.4) is 0 Å². The third kappa shape index (κ3) is 4.09. The van der Waals surface area contributed by atoms with E-state index < -0.39 is 11.2 Å². The van der Waals surface area contributed by atoms with Crippen molar-refractivity contribution in [2.45, 2.75) is 6.42 Å². The number of rotatable bonds is 4. The Bertz CT molecular complexity index is 1560. The Kier molecular flexibility index (Phi) is 5.80. The van der Waals surface area contributed by atoms with Gasteiger partial charge in [0.1, 0.15) is 11.2 Å². The molecule has 0 unspecified atom stereocenters. The molecule has 0 aliphatic heterocycles. The second-order valence-corrected chi connectivity index (χ2v) is 9.41. The van der Waals surface area contributed by atoms with Gasteiger partial charge in [0.2, 0.25) is 0 Å². The Morgan fingerprint density at radius 2 is 1.73 bits per heavy atom. The van der Waals surface area contributed by atoms with Crippen molar-refractivity contribution in [2.24, 2.45) is 0 Å². The maximum atomic E-state index is 12.6. The van der Waals surface area contributed by atoms with Crippen molar-refractivity contribution in [2.75, 3.05) is 0 Å². The molecule has 5 rings (SSSR count). The van der Waals surface area contributed by atoms with Crippen LogP contribution < -0.4 is 11.2 Å². The van der Waals surface area contributed by atoms with Crippen LogP contribution in [-0.4, -0.2) is 19.7 Å². The number of aromatic nitrogens is 4. The third-order valence-electron chi connectivity index (χ3n) is 5.10. The smallest absolute Gasteiger partial charge is 0.267 e. The van der Waals surface area contributed by atoms with Gasteiger partial charge in [0.25, 0.3) is 5.56 Å². The molecule has 0 aliphatic rings. The maximum absolute atomic E-state index is 12.6. The van der Waals surface area contributed by atoms with Gasteiger partial charge in [0, 0.05) is 22.6 Å². The molecule has 1 N–H and O–H groups in total. The van der Waals surface area contributed by atoms with Crippen LogP contribution >= 0.6 is 46.1 Å². The Balaban J connectivity index is 1.78. The number of nitrogens with one attached hydrogen (secondary N) is 1. The second kappa shape index (κ2) is 8.76. The van der Waals surface area contributed by atoms with E-state index in [1.54, 1.807) is 18.2 Å². The van der Waals surface area contributed by atoms with Crippen LogP contribution in [0.25, 0.3) is 26.5 Å². The molecule has 0 saturated heterocycles. The van der Waals surface area contributed by atoms with E-state index in [1.165, 1.54) is 11.3 Å². The fraction of sp³-hybridized carbons (Fsp3) is 0.0435. The van der Waals surface area contributed by atoms with Gasteiger partial charge in [-0.05, 0) is 35.9 Å². The van der Waals surface area contributed by atoms with Gasteiger partial charge in [-0.3, -0.25) is 4.79 Å². The molecule has 0 spiro atoms. The molecule has 164 valence electrons. The molecule has 2 heterocycles. The summed E-state index contributed by atoms with van der Waals surface area (Å²) < 4.78 is 1.97. The van der Waals surface area contributed by atoms with E-state index in [1.807, 2.05) is 36.4 Å². The topological polar surface area (TPSA) is 80.6 Å². The number of nitrogens with zero attached hydrogens (tertiary/aromatic N) is 3. The summed E-state index contributed by atoms with van der Waals surface area (Å²) in [6.45, 7) is 0. The van der Waals surface area contributed by atoms with E-state index in [2.05, 4.69) is 15.2 Å². The van der Waals surface area contributed by atoms with Crippen molar-refractivity contribution in [3.63, 3.8) is 0 Å². The van der Waals surface area contributed by atoms with Gasteiger partial charge >= 0.3 is 5.69 Å². The van der Waals surface area contributed by atoms with E-state index in [4.69, 9.17) is 34.8 Å². The third-order valence-corrected chi connectivity index (χ3v) is 7.33. The second-order valence-electron chi connectivity index (χ2n) is 7.19.